The van der Waals surface area contributed by atoms with Gasteiger partial charge < -0.3 is 10.4 Å². The number of rotatable bonds is 2. The van der Waals surface area contributed by atoms with Crippen LogP contribution >= 0.6 is 11.8 Å². The van der Waals surface area contributed by atoms with Gasteiger partial charge in [-0.15, -0.1) is 11.8 Å². The second-order valence-corrected chi connectivity index (χ2v) is 5.13. The Bertz CT molecular complexity index is 446. The highest BCUT2D eigenvalue weighted by Gasteiger charge is 2.53. The van der Waals surface area contributed by atoms with Gasteiger partial charge in [0.05, 0.1) is 0 Å². The first-order chi connectivity index (χ1) is 7.93. The van der Waals surface area contributed by atoms with Crippen molar-refractivity contribution < 1.29 is 19.5 Å². The van der Waals surface area contributed by atoms with Crippen LogP contribution in [0.1, 0.15) is 13.8 Å². The van der Waals surface area contributed by atoms with E-state index in [4.69, 9.17) is 5.11 Å². The second kappa shape index (κ2) is 4.06. The lowest BCUT2D eigenvalue weighted by Gasteiger charge is -2.49. The van der Waals surface area contributed by atoms with E-state index in [1.807, 2.05) is 0 Å². The highest BCUT2D eigenvalue weighted by Crippen LogP contribution is 2.39. The van der Waals surface area contributed by atoms with Crippen molar-refractivity contribution in [2.45, 2.75) is 25.3 Å². The number of carbonyl (C=O) groups excluding carboxylic acids is 2. The molecular formula is C10H12N2O4S. The first-order valence-corrected chi connectivity index (χ1v) is 6.13. The van der Waals surface area contributed by atoms with Gasteiger partial charge in [-0.3, -0.25) is 14.5 Å². The van der Waals surface area contributed by atoms with Gasteiger partial charge in [0.1, 0.15) is 17.1 Å². The molecule has 2 aliphatic heterocycles. The summed E-state index contributed by atoms with van der Waals surface area (Å²) in [6.07, 6.45) is 0. The number of thioether (sulfide) groups is 1. The molecule has 2 atom stereocenters. The number of hydrogen-bond acceptors (Lipinski definition) is 4. The molecule has 6 nitrogen and oxygen atoms in total. The minimum atomic E-state index is -1.09. The van der Waals surface area contributed by atoms with Crippen LogP contribution in [0.4, 0.5) is 0 Å². The Morgan fingerprint density at radius 1 is 1.53 bits per heavy atom. The van der Waals surface area contributed by atoms with Crippen molar-refractivity contribution in [3.63, 3.8) is 0 Å². The van der Waals surface area contributed by atoms with E-state index in [0.717, 1.165) is 0 Å². The molecule has 2 amide bonds. The van der Waals surface area contributed by atoms with E-state index in [0.29, 0.717) is 11.3 Å². The Morgan fingerprint density at radius 2 is 2.18 bits per heavy atom. The van der Waals surface area contributed by atoms with Crippen LogP contribution in [0.25, 0.3) is 0 Å². The number of carboxylic acids is 1. The van der Waals surface area contributed by atoms with Gasteiger partial charge in [0, 0.05) is 12.7 Å². The molecule has 0 bridgehead atoms. The Balaban J connectivity index is 2.24. The maximum absolute atomic E-state index is 11.8. The van der Waals surface area contributed by atoms with Crippen LogP contribution in [0, 0.1) is 0 Å². The molecule has 1 saturated heterocycles. The zero-order valence-corrected chi connectivity index (χ0v) is 10.2. The number of nitrogens with one attached hydrogen (secondary N) is 1. The Morgan fingerprint density at radius 3 is 2.71 bits per heavy atom. The van der Waals surface area contributed by atoms with Gasteiger partial charge in [0.25, 0.3) is 5.91 Å². The average molecular weight is 256 g/mol. The van der Waals surface area contributed by atoms with Crippen LogP contribution in [0.5, 0.6) is 0 Å². The van der Waals surface area contributed by atoms with Crippen LogP contribution in [0.2, 0.25) is 0 Å². The van der Waals surface area contributed by atoms with E-state index < -0.39 is 12.0 Å². The molecule has 92 valence electrons. The van der Waals surface area contributed by atoms with E-state index in [-0.39, 0.29) is 22.9 Å². The standard InChI is InChI=1S/C10H12N2O4S/c1-4-3-17-9-6(11-5(2)13)8(14)12(9)7(4)10(15)16/h6,9H,3H2,1-2H3,(H,11,13)(H,15,16)/t6-,9+/m1/s1. The molecule has 0 aromatic rings. The molecular weight excluding hydrogens is 244 g/mol. The lowest BCUT2D eigenvalue weighted by molar-refractivity contribution is -0.150. The fourth-order valence-electron chi connectivity index (χ4n) is 1.99. The zero-order chi connectivity index (χ0) is 12.7. The third kappa shape index (κ3) is 1.80. The van der Waals surface area contributed by atoms with Gasteiger partial charge in [-0.05, 0) is 12.5 Å². The largest absolute Gasteiger partial charge is 0.477 e. The monoisotopic (exact) mass is 256 g/mol. The first-order valence-electron chi connectivity index (χ1n) is 5.08. The van der Waals surface area contributed by atoms with E-state index >= 15 is 0 Å². The number of β-lactam (4-membered cyclic amide) rings is 1. The molecule has 0 spiro atoms. The summed E-state index contributed by atoms with van der Waals surface area (Å²) in [6, 6.07) is -0.597. The van der Waals surface area contributed by atoms with Crippen LogP contribution in [0.3, 0.4) is 0 Å². The summed E-state index contributed by atoms with van der Waals surface area (Å²) in [7, 11) is 0. The highest BCUT2D eigenvalue weighted by atomic mass is 32.2. The predicted octanol–water partition coefficient (Wildman–Crippen LogP) is -0.235. The smallest absolute Gasteiger partial charge is 0.352 e. The number of carbonyl (C=O) groups is 3. The summed E-state index contributed by atoms with van der Waals surface area (Å²) in [6.45, 7) is 3.04. The number of hydrogen-bond donors (Lipinski definition) is 2. The van der Waals surface area contributed by atoms with Gasteiger partial charge >= 0.3 is 5.97 Å². The minimum Gasteiger partial charge on any atom is -0.477 e. The quantitative estimate of drug-likeness (QED) is 0.666. The molecule has 0 unspecified atom stereocenters. The van der Waals surface area contributed by atoms with Crippen molar-refractivity contribution in [3.05, 3.63) is 11.3 Å². The number of amides is 2. The molecule has 0 aromatic carbocycles. The first kappa shape index (κ1) is 12.0. The molecule has 0 aromatic heterocycles. The minimum absolute atomic E-state index is 0.0559. The molecule has 2 rings (SSSR count). The average Bonchev–Trinajstić information content (AvgIpc) is 2.24. The topological polar surface area (TPSA) is 86.7 Å². The number of fused-ring (bicyclic) bond motifs is 1. The van der Waals surface area contributed by atoms with Crippen molar-refractivity contribution in [2.24, 2.45) is 0 Å². The Kier molecular flexibility index (Phi) is 2.86. The van der Waals surface area contributed by atoms with Gasteiger partial charge in [0.15, 0.2) is 0 Å². The van der Waals surface area contributed by atoms with Crippen molar-refractivity contribution in [3.8, 4) is 0 Å². The van der Waals surface area contributed by atoms with E-state index in [1.54, 1.807) is 6.92 Å². The van der Waals surface area contributed by atoms with Gasteiger partial charge in [-0.25, -0.2) is 4.79 Å². The van der Waals surface area contributed by atoms with Crippen molar-refractivity contribution in [1.82, 2.24) is 10.2 Å². The van der Waals surface area contributed by atoms with Crippen molar-refractivity contribution in [1.29, 1.82) is 0 Å². The third-order valence-corrected chi connectivity index (χ3v) is 4.14. The van der Waals surface area contributed by atoms with E-state index in [1.165, 1.54) is 23.6 Å². The van der Waals surface area contributed by atoms with Crippen LogP contribution in [-0.4, -0.2) is 45.0 Å². The lowest BCUT2D eigenvalue weighted by atomic mass is 10.0. The molecule has 0 aliphatic carbocycles. The molecule has 0 radical (unpaired) electrons. The third-order valence-electron chi connectivity index (χ3n) is 2.72. The maximum Gasteiger partial charge on any atom is 0.352 e. The number of nitrogens with zero attached hydrogens (tertiary/aromatic N) is 1. The highest BCUT2D eigenvalue weighted by molar-refractivity contribution is 8.00. The normalized spacial score (nSPS) is 27.4. The fourth-order valence-corrected chi connectivity index (χ4v) is 3.29. The van der Waals surface area contributed by atoms with Crippen LogP contribution < -0.4 is 5.32 Å². The Hall–Kier alpha value is -1.50. The van der Waals surface area contributed by atoms with E-state index in [2.05, 4.69) is 5.32 Å². The summed E-state index contributed by atoms with van der Waals surface area (Å²) in [5.74, 6) is -1.17. The molecule has 0 saturated carbocycles. The fraction of sp³-hybridized carbons (Fsp3) is 0.500. The number of aliphatic carboxylic acids is 1. The second-order valence-electron chi connectivity index (χ2n) is 4.02. The lowest BCUT2D eigenvalue weighted by Crippen LogP contribution is -2.70. The summed E-state index contributed by atoms with van der Waals surface area (Å²) < 4.78 is 0. The van der Waals surface area contributed by atoms with Crippen molar-refractivity contribution >= 4 is 29.5 Å². The predicted molar refractivity (Wildman–Crippen MR) is 61.0 cm³/mol. The van der Waals surface area contributed by atoms with Gasteiger partial charge in [-0.2, -0.15) is 0 Å². The zero-order valence-electron chi connectivity index (χ0n) is 9.39. The summed E-state index contributed by atoms with van der Waals surface area (Å²) in [5, 5.41) is 11.3. The van der Waals surface area contributed by atoms with Gasteiger partial charge in [0.2, 0.25) is 5.91 Å². The van der Waals surface area contributed by atoms with E-state index in [9.17, 15) is 14.4 Å². The van der Waals surface area contributed by atoms with Gasteiger partial charge in [-0.1, -0.05) is 0 Å². The molecule has 2 aliphatic rings. The molecule has 17 heavy (non-hydrogen) atoms. The molecule has 2 N–H and O–H groups in total. The van der Waals surface area contributed by atoms with Crippen molar-refractivity contribution in [2.75, 3.05) is 5.75 Å². The summed E-state index contributed by atoms with van der Waals surface area (Å²) >= 11 is 1.47. The number of carboxylic acid groups (broad SMARTS) is 1. The molecule has 1 fully saturated rings. The summed E-state index contributed by atoms with van der Waals surface area (Å²) in [4.78, 5) is 35.1. The maximum atomic E-state index is 11.8. The SMILES string of the molecule is CC(=O)N[C@@H]1C(=O)N2C(C(=O)O)=C(C)CS[C@@H]12. The molecule has 7 heteroatoms. The molecule has 2 heterocycles. The summed E-state index contributed by atoms with van der Waals surface area (Å²) in [5.41, 5.74) is 0.730. The Labute approximate surface area is 102 Å². The van der Waals surface area contributed by atoms with Crippen LogP contribution in [-0.2, 0) is 14.4 Å². The van der Waals surface area contributed by atoms with Crippen LogP contribution in [0.15, 0.2) is 11.3 Å².